The van der Waals surface area contributed by atoms with Crippen LogP contribution in [0.5, 0.6) is 5.75 Å². The number of benzene rings is 1. The molecule has 5 heteroatoms. The zero-order valence-corrected chi connectivity index (χ0v) is 12.9. The van der Waals surface area contributed by atoms with Gasteiger partial charge in [-0.05, 0) is 19.1 Å². The second kappa shape index (κ2) is 8.04. The van der Waals surface area contributed by atoms with Crippen LogP contribution in [0.25, 0.3) is 0 Å². The summed E-state index contributed by atoms with van der Waals surface area (Å²) in [5.74, 6) is 3.89. The van der Waals surface area contributed by atoms with E-state index in [4.69, 9.17) is 10.5 Å². The lowest BCUT2D eigenvalue weighted by atomic mass is 10.2. The standard InChI is InChI=1S/C15H23N3OS/c1-13-3-5-14(6-4-13)19-10-2-7-17-15(16)18-8-11-20-12-9-18/h3-6H,2,7-12H2,1H3,(H2,16,17). The van der Waals surface area contributed by atoms with E-state index in [1.807, 2.05) is 23.9 Å². The van der Waals surface area contributed by atoms with E-state index in [1.165, 1.54) is 5.56 Å². The van der Waals surface area contributed by atoms with E-state index in [-0.39, 0.29) is 0 Å². The van der Waals surface area contributed by atoms with Gasteiger partial charge in [0.25, 0.3) is 0 Å². The Bertz CT molecular complexity index is 427. The van der Waals surface area contributed by atoms with E-state index in [9.17, 15) is 0 Å². The predicted molar refractivity (Wildman–Crippen MR) is 86.7 cm³/mol. The summed E-state index contributed by atoms with van der Waals surface area (Å²) in [5, 5.41) is 0. The Morgan fingerprint density at radius 1 is 1.30 bits per heavy atom. The van der Waals surface area contributed by atoms with Gasteiger partial charge in [0.15, 0.2) is 5.96 Å². The van der Waals surface area contributed by atoms with E-state index in [0.29, 0.717) is 12.6 Å². The van der Waals surface area contributed by atoms with E-state index in [0.717, 1.165) is 43.3 Å². The lowest BCUT2D eigenvalue weighted by Crippen LogP contribution is -2.42. The van der Waals surface area contributed by atoms with Gasteiger partial charge in [0.1, 0.15) is 5.75 Å². The van der Waals surface area contributed by atoms with Crippen LogP contribution in [0.1, 0.15) is 12.0 Å². The lowest BCUT2D eigenvalue weighted by Gasteiger charge is -2.27. The first kappa shape index (κ1) is 15.0. The summed E-state index contributed by atoms with van der Waals surface area (Å²) in [5.41, 5.74) is 7.23. The van der Waals surface area contributed by atoms with Gasteiger partial charge in [0, 0.05) is 37.6 Å². The molecule has 0 aromatic heterocycles. The van der Waals surface area contributed by atoms with Gasteiger partial charge in [-0.2, -0.15) is 11.8 Å². The van der Waals surface area contributed by atoms with Crippen LogP contribution in [-0.2, 0) is 0 Å². The van der Waals surface area contributed by atoms with Crippen LogP contribution < -0.4 is 10.5 Å². The summed E-state index contributed by atoms with van der Waals surface area (Å²) >= 11 is 1.97. The highest BCUT2D eigenvalue weighted by molar-refractivity contribution is 7.99. The summed E-state index contributed by atoms with van der Waals surface area (Å²) in [6, 6.07) is 8.11. The molecule has 1 aliphatic rings. The number of hydrogen-bond donors (Lipinski definition) is 1. The van der Waals surface area contributed by atoms with Crippen molar-refractivity contribution in [2.24, 2.45) is 10.7 Å². The van der Waals surface area contributed by atoms with Crippen molar-refractivity contribution in [1.82, 2.24) is 4.90 Å². The van der Waals surface area contributed by atoms with Gasteiger partial charge < -0.3 is 15.4 Å². The number of ether oxygens (including phenoxy) is 1. The molecule has 2 rings (SSSR count). The quantitative estimate of drug-likeness (QED) is 0.513. The fraction of sp³-hybridized carbons (Fsp3) is 0.533. The summed E-state index contributed by atoms with van der Waals surface area (Å²) in [4.78, 5) is 6.59. The van der Waals surface area contributed by atoms with E-state index >= 15 is 0 Å². The Kier molecular flexibility index (Phi) is 6.05. The Labute approximate surface area is 125 Å². The largest absolute Gasteiger partial charge is 0.494 e. The second-order valence-corrected chi connectivity index (χ2v) is 6.08. The van der Waals surface area contributed by atoms with Gasteiger partial charge in [-0.3, -0.25) is 4.99 Å². The molecule has 20 heavy (non-hydrogen) atoms. The molecular formula is C15H23N3OS. The Hall–Kier alpha value is -1.36. The highest BCUT2D eigenvalue weighted by Gasteiger charge is 2.11. The number of rotatable bonds is 5. The molecule has 2 N–H and O–H groups in total. The highest BCUT2D eigenvalue weighted by atomic mass is 32.2. The topological polar surface area (TPSA) is 50.9 Å². The molecule has 0 atom stereocenters. The zero-order chi connectivity index (χ0) is 14.2. The number of guanidine groups is 1. The van der Waals surface area contributed by atoms with Crippen LogP contribution in [0.3, 0.4) is 0 Å². The Morgan fingerprint density at radius 2 is 2.00 bits per heavy atom. The molecule has 110 valence electrons. The molecule has 1 aliphatic heterocycles. The van der Waals surface area contributed by atoms with E-state index in [1.54, 1.807) is 0 Å². The maximum absolute atomic E-state index is 5.98. The highest BCUT2D eigenvalue weighted by Crippen LogP contribution is 2.11. The van der Waals surface area contributed by atoms with Crippen molar-refractivity contribution in [2.45, 2.75) is 13.3 Å². The number of hydrogen-bond acceptors (Lipinski definition) is 3. The maximum atomic E-state index is 5.98. The van der Waals surface area contributed by atoms with Gasteiger partial charge in [-0.1, -0.05) is 17.7 Å². The molecule has 1 heterocycles. The van der Waals surface area contributed by atoms with Gasteiger partial charge in [0.2, 0.25) is 0 Å². The molecule has 1 aromatic rings. The summed E-state index contributed by atoms with van der Waals surface area (Å²) in [6.45, 7) is 5.50. The number of nitrogens with zero attached hydrogens (tertiary/aromatic N) is 2. The first-order valence-corrected chi connectivity index (χ1v) is 8.23. The molecule has 1 aromatic carbocycles. The first-order chi connectivity index (χ1) is 9.75. The van der Waals surface area contributed by atoms with Gasteiger partial charge in [-0.15, -0.1) is 0 Å². The molecule has 0 saturated carbocycles. The number of aryl methyl sites for hydroxylation is 1. The smallest absolute Gasteiger partial charge is 0.191 e. The third-order valence-corrected chi connectivity index (χ3v) is 4.14. The fourth-order valence-corrected chi connectivity index (χ4v) is 2.88. The lowest BCUT2D eigenvalue weighted by molar-refractivity contribution is 0.313. The van der Waals surface area contributed by atoms with Gasteiger partial charge >= 0.3 is 0 Å². The van der Waals surface area contributed by atoms with E-state index in [2.05, 4.69) is 28.9 Å². The molecule has 0 radical (unpaired) electrons. The fourth-order valence-electron chi connectivity index (χ4n) is 1.98. The summed E-state index contributed by atoms with van der Waals surface area (Å²) in [7, 11) is 0. The van der Waals surface area contributed by atoms with Crippen molar-refractivity contribution in [2.75, 3.05) is 37.7 Å². The van der Waals surface area contributed by atoms with Crippen molar-refractivity contribution in [1.29, 1.82) is 0 Å². The zero-order valence-electron chi connectivity index (χ0n) is 12.0. The SMILES string of the molecule is Cc1ccc(OCCCN=C(N)N2CCSCC2)cc1. The van der Waals surface area contributed by atoms with Crippen molar-refractivity contribution < 1.29 is 4.74 Å². The Balaban J connectivity index is 1.64. The van der Waals surface area contributed by atoms with Crippen molar-refractivity contribution in [3.63, 3.8) is 0 Å². The molecule has 1 fully saturated rings. The summed E-state index contributed by atoms with van der Waals surface area (Å²) < 4.78 is 5.66. The third kappa shape index (κ3) is 4.96. The normalized spacial score (nSPS) is 16.2. The van der Waals surface area contributed by atoms with Crippen molar-refractivity contribution >= 4 is 17.7 Å². The number of nitrogens with two attached hydrogens (primary N) is 1. The van der Waals surface area contributed by atoms with E-state index < -0.39 is 0 Å². The minimum absolute atomic E-state index is 0.676. The second-order valence-electron chi connectivity index (χ2n) is 4.85. The van der Waals surface area contributed by atoms with Gasteiger partial charge in [0.05, 0.1) is 6.61 Å². The number of aliphatic imine (C=N–C) groups is 1. The minimum atomic E-state index is 0.676. The first-order valence-electron chi connectivity index (χ1n) is 7.08. The molecule has 0 amide bonds. The van der Waals surface area contributed by atoms with Crippen LogP contribution >= 0.6 is 11.8 Å². The molecule has 0 spiro atoms. The van der Waals surface area contributed by atoms with Crippen molar-refractivity contribution in [3.8, 4) is 5.75 Å². The minimum Gasteiger partial charge on any atom is -0.494 e. The predicted octanol–water partition coefficient (Wildman–Crippen LogP) is 2.13. The summed E-state index contributed by atoms with van der Waals surface area (Å²) in [6.07, 6.45) is 0.886. The van der Waals surface area contributed by atoms with Crippen molar-refractivity contribution in [3.05, 3.63) is 29.8 Å². The van der Waals surface area contributed by atoms with Crippen LogP contribution in [-0.4, -0.2) is 48.6 Å². The maximum Gasteiger partial charge on any atom is 0.191 e. The monoisotopic (exact) mass is 293 g/mol. The Morgan fingerprint density at radius 3 is 2.70 bits per heavy atom. The number of thioether (sulfide) groups is 1. The molecule has 1 saturated heterocycles. The molecular weight excluding hydrogens is 270 g/mol. The van der Waals surface area contributed by atoms with Gasteiger partial charge in [-0.25, -0.2) is 0 Å². The average molecular weight is 293 g/mol. The molecule has 0 bridgehead atoms. The van der Waals surface area contributed by atoms with Crippen LogP contribution in [0, 0.1) is 6.92 Å². The van der Waals surface area contributed by atoms with Crippen LogP contribution in [0.15, 0.2) is 29.3 Å². The molecule has 4 nitrogen and oxygen atoms in total. The van der Waals surface area contributed by atoms with Crippen LogP contribution in [0.4, 0.5) is 0 Å². The third-order valence-electron chi connectivity index (χ3n) is 3.20. The van der Waals surface area contributed by atoms with Crippen LogP contribution in [0.2, 0.25) is 0 Å². The molecule has 0 unspecified atom stereocenters. The average Bonchev–Trinajstić information content (AvgIpc) is 2.49. The molecule has 0 aliphatic carbocycles.